The minimum atomic E-state index is 0.0558. The fraction of sp³-hybridized carbons (Fsp3) is 0.375. The lowest BCUT2D eigenvalue weighted by Crippen LogP contribution is -2.14. The lowest BCUT2D eigenvalue weighted by atomic mass is 10.4. The highest BCUT2D eigenvalue weighted by atomic mass is 16.1. The second-order valence-corrected chi connectivity index (χ2v) is 2.42. The molecule has 11 heavy (non-hydrogen) atoms. The van der Waals surface area contributed by atoms with E-state index in [2.05, 4.69) is 5.32 Å². The Hall–Kier alpha value is -1.09. The number of nitrogens with one attached hydrogen (secondary N) is 1. The van der Waals surface area contributed by atoms with Gasteiger partial charge in [0.25, 0.3) is 0 Å². The third-order valence-corrected chi connectivity index (χ3v) is 1.53. The number of carbonyl (C=O) groups excluding carboxylic acids is 1. The standard InChI is InChI=1S/C8H12N2O/c1-7(11)10-5-3-4-8(10)6-9-2/h3-5,9H,6H2,1-2H3. The van der Waals surface area contributed by atoms with Crippen LogP contribution in [0.2, 0.25) is 0 Å². The first-order chi connectivity index (χ1) is 5.25. The van der Waals surface area contributed by atoms with E-state index in [4.69, 9.17) is 0 Å². The molecule has 0 aliphatic carbocycles. The molecule has 1 rings (SSSR count). The van der Waals surface area contributed by atoms with E-state index in [1.165, 1.54) is 0 Å². The average Bonchev–Trinajstić information content (AvgIpc) is 2.36. The molecule has 0 amide bonds. The topological polar surface area (TPSA) is 34.0 Å². The molecular weight excluding hydrogens is 140 g/mol. The molecule has 0 aliphatic heterocycles. The van der Waals surface area contributed by atoms with Gasteiger partial charge in [-0.3, -0.25) is 9.36 Å². The number of aromatic nitrogens is 1. The molecule has 60 valence electrons. The molecule has 0 aromatic carbocycles. The van der Waals surface area contributed by atoms with Crippen LogP contribution in [0.5, 0.6) is 0 Å². The Morgan fingerprint density at radius 2 is 2.45 bits per heavy atom. The Labute approximate surface area is 66.0 Å². The predicted octanol–water partition coefficient (Wildman–Crippen LogP) is 0.868. The molecule has 0 bridgehead atoms. The van der Waals surface area contributed by atoms with Crippen LogP contribution in [-0.4, -0.2) is 17.5 Å². The van der Waals surface area contributed by atoms with E-state index < -0.39 is 0 Å². The van der Waals surface area contributed by atoms with E-state index in [9.17, 15) is 4.79 Å². The zero-order chi connectivity index (χ0) is 8.27. The lowest BCUT2D eigenvalue weighted by Gasteiger charge is -2.02. The van der Waals surface area contributed by atoms with Crippen molar-refractivity contribution in [3.63, 3.8) is 0 Å². The first-order valence-corrected chi connectivity index (χ1v) is 3.57. The normalized spacial score (nSPS) is 10.0. The Balaban J connectivity index is 2.87. The quantitative estimate of drug-likeness (QED) is 0.682. The van der Waals surface area contributed by atoms with Gasteiger partial charge in [-0.1, -0.05) is 0 Å². The Morgan fingerprint density at radius 3 is 3.00 bits per heavy atom. The maximum Gasteiger partial charge on any atom is 0.227 e. The summed E-state index contributed by atoms with van der Waals surface area (Å²) in [5.74, 6) is 0.0558. The molecule has 0 saturated carbocycles. The van der Waals surface area contributed by atoms with Crippen LogP contribution < -0.4 is 5.32 Å². The minimum Gasteiger partial charge on any atom is -0.314 e. The van der Waals surface area contributed by atoms with E-state index in [1.807, 2.05) is 19.2 Å². The average molecular weight is 152 g/mol. The number of rotatable bonds is 2. The van der Waals surface area contributed by atoms with Gasteiger partial charge in [-0.2, -0.15) is 0 Å². The van der Waals surface area contributed by atoms with E-state index in [1.54, 1.807) is 17.7 Å². The van der Waals surface area contributed by atoms with Crippen molar-refractivity contribution in [3.05, 3.63) is 24.0 Å². The van der Waals surface area contributed by atoms with Gasteiger partial charge in [-0.25, -0.2) is 0 Å². The summed E-state index contributed by atoms with van der Waals surface area (Å²) in [5.41, 5.74) is 1.00. The second-order valence-electron chi connectivity index (χ2n) is 2.42. The van der Waals surface area contributed by atoms with Crippen molar-refractivity contribution in [2.75, 3.05) is 7.05 Å². The summed E-state index contributed by atoms with van der Waals surface area (Å²) in [4.78, 5) is 10.9. The molecule has 0 aliphatic rings. The molecule has 0 saturated heterocycles. The summed E-state index contributed by atoms with van der Waals surface area (Å²) in [6, 6.07) is 3.80. The zero-order valence-electron chi connectivity index (χ0n) is 6.79. The third kappa shape index (κ3) is 1.68. The predicted molar refractivity (Wildman–Crippen MR) is 43.5 cm³/mol. The molecule has 0 unspecified atom stereocenters. The van der Waals surface area contributed by atoms with Crippen molar-refractivity contribution in [2.45, 2.75) is 13.5 Å². The Bertz CT molecular complexity index is 252. The van der Waals surface area contributed by atoms with Gasteiger partial charge in [0.15, 0.2) is 0 Å². The highest BCUT2D eigenvalue weighted by Gasteiger charge is 2.01. The smallest absolute Gasteiger partial charge is 0.227 e. The van der Waals surface area contributed by atoms with Gasteiger partial charge >= 0.3 is 0 Å². The largest absolute Gasteiger partial charge is 0.314 e. The second kappa shape index (κ2) is 3.34. The van der Waals surface area contributed by atoms with Crippen LogP contribution in [0.1, 0.15) is 17.4 Å². The summed E-state index contributed by atoms with van der Waals surface area (Å²) >= 11 is 0. The first kappa shape index (κ1) is 8.01. The van der Waals surface area contributed by atoms with Crippen molar-refractivity contribution in [3.8, 4) is 0 Å². The lowest BCUT2D eigenvalue weighted by molar-refractivity contribution is 0.0933. The monoisotopic (exact) mass is 152 g/mol. The summed E-state index contributed by atoms with van der Waals surface area (Å²) in [5, 5.41) is 2.99. The van der Waals surface area contributed by atoms with Crippen LogP contribution in [0.25, 0.3) is 0 Å². The number of carbonyl (C=O) groups is 1. The van der Waals surface area contributed by atoms with E-state index in [0.717, 1.165) is 12.2 Å². The molecule has 1 aromatic heterocycles. The number of hydrogen-bond acceptors (Lipinski definition) is 2. The van der Waals surface area contributed by atoms with Gasteiger partial charge in [-0.05, 0) is 19.2 Å². The minimum absolute atomic E-state index is 0.0558. The third-order valence-electron chi connectivity index (χ3n) is 1.53. The maximum atomic E-state index is 10.9. The van der Waals surface area contributed by atoms with Crippen LogP contribution in [0.4, 0.5) is 0 Å². The van der Waals surface area contributed by atoms with E-state index in [0.29, 0.717) is 0 Å². The first-order valence-electron chi connectivity index (χ1n) is 3.57. The van der Waals surface area contributed by atoms with Crippen LogP contribution in [0, 0.1) is 0 Å². The number of hydrogen-bond donors (Lipinski definition) is 1. The summed E-state index contributed by atoms with van der Waals surface area (Å²) in [6.07, 6.45) is 1.77. The fourth-order valence-corrected chi connectivity index (χ4v) is 1.05. The zero-order valence-corrected chi connectivity index (χ0v) is 6.79. The highest BCUT2D eigenvalue weighted by Crippen LogP contribution is 2.00. The van der Waals surface area contributed by atoms with Gasteiger partial charge < -0.3 is 5.32 Å². The molecule has 3 nitrogen and oxygen atoms in total. The van der Waals surface area contributed by atoms with Gasteiger partial charge in [-0.15, -0.1) is 0 Å². The Morgan fingerprint density at radius 1 is 1.73 bits per heavy atom. The van der Waals surface area contributed by atoms with E-state index in [-0.39, 0.29) is 5.91 Å². The van der Waals surface area contributed by atoms with Crippen molar-refractivity contribution in [1.82, 2.24) is 9.88 Å². The maximum absolute atomic E-state index is 10.9. The summed E-state index contributed by atoms with van der Waals surface area (Å²) in [6.45, 7) is 2.28. The van der Waals surface area contributed by atoms with Gasteiger partial charge in [0, 0.05) is 25.4 Å². The van der Waals surface area contributed by atoms with Crippen LogP contribution in [0.15, 0.2) is 18.3 Å². The molecular formula is C8H12N2O. The summed E-state index contributed by atoms with van der Waals surface area (Å²) in [7, 11) is 1.86. The molecule has 0 spiro atoms. The highest BCUT2D eigenvalue weighted by molar-refractivity contribution is 5.77. The molecule has 1 aromatic rings. The van der Waals surface area contributed by atoms with Crippen LogP contribution in [0.3, 0.4) is 0 Å². The Kier molecular flexibility index (Phi) is 2.44. The molecule has 0 atom stereocenters. The van der Waals surface area contributed by atoms with Crippen molar-refractivity contribution in [2.24, 2.45) is 0 Å². The van der Waals surface area contributed by atoms with Crippen molar-refractivity contribution < 1.29 is 4.79 Å². The summed E-state index contributed by atoms with van der Waals surface area (Å²) < 4.78 is 1.64. The SMILES string of the molecule is CNCc1cccn1C(C)=O. The van der Waals surface area contributed by atoms with Crippen LogP contribution in [-0.2, 0) is 6.54 Å². The molecule has 1 N–H and O–H groups in total. The van der Waals surface area contributed by atoms with Crippen molar-refractivity contribution >= 4 is 5.91 Å². The molecule has 0 fully saturated rings. The van der Waals surface area contributed by atoms with Crippen LogP contribution >= 0.6 is 0 Å². The van der Waals surface area contributed by atoms with Crippen molar-refractivity contribution in [1.29, 1.82) is 0 Å². The molecule has 3 heteroatoms. The fourth-order valence-electron chi connectivity index (χ4n) is 1.05. The molecule has 0 radical (unpaired) electrons. The van der Waals surface area contributed by atoms with Gasteiger partial charge in [0.2, 0.25) is 5.91 Å². The van der Waals surface area contributed by atoms with Gasteiger partial charge in [0.1, 0.15) is 0 Å². The van der Waals surface area contributed by atoms with E-state index >= 15 is 0 Å². The molecule has 1 heterocycles. The van der Waals surface area contributed by atoms with Gasteiger partial charge in [0.05, 0.1) is 0 Å². The number of nitrogens with zero attached hydrogens (tertiary/aromatic N) is 1.